The summed E-state index contributed by atoms with van der Waals surface area (Å²) in [6, 6.07) is 8.94. The zero-order chi connectivity index (χ0) is 14.5. The fourth-order valence-corrected chi connectivity index (χ4v) is 1.62. The quantitative estimate of drug-likeness (QED) is 0.810. The van der Waals surface area contributed by atoms with Crippen LogP contribution in [-0.2, 0) is 0 Å². The Kier molecular flexibility index (Phi) is 4.17. The van der Waals surface area contributed by atoms with Crippen molar-refractivity contribution in [3.05, 3.63) is 53.3 Å². The Labute approximate surface area is 119 Å². The summed E-state index contributed by atoms with van der Waals surface area (Å²) in [5.74, 6) is -1.22. The number of anilines is 2. The number of benzene rings is 1. The number of carboxylic acids is 1. The van der Waals surface area contributed by atoms with Crippen LogP contribution in [0.25, 0.3) is 0 Å². The zero-order valence-corrected chi connectivity index (χ0v) is 10.9. The lowest BCUT2D eigenvalue weighted by atomic mass is 10.3. The number of hydrogen-bond acceptors (Lipinski definition) is 3. The van der Waals surface area contributed by atoms with Crippen molar-refractivity contribution >= 4 is 35.0 Å². The fourth-order valence-electron chi connectivity index (χ4n) is 1.49. The Bertz CT molecular complexity index is 644. The number of carbonyl (C=O) groups excluding carboxylic acids is 1. The summed E-state index contributed by atoms with van der Waals surface area (Å²) in [7, 11) is 0. The number of hydrogen-bond donors (Lipinski definition) is 3. The number of aromatic nitrogens is 1. The third-order valence-corrected chi connectivity index (χ3v) is 2.61. The highest BCUT2D eigenvalue weighted by Gasteiger charge is 2.13. The Hall–Kier alpha value is -2.60. The molecule has 0 bridgehead atoms. The molecule has 2 aromatic rings. The molecule has 6 nitrogen and oxygen atoms in total. The van der Waals surface area contributed by atoms with Crippen molar-refractivity contribution in [3.8, 4) is 0 Å². The molecule has 7 heteroatoms. The molecule has 0 aliphatic rings. The lowest BCUT2D eigenvalue weighted by molar-refractivity contribution is 0.0692. The minimum Gasteiger partial charge on any atom is -0.476 e. The summed E-state index contributed by atoms with van der Waals surface area (Å²) in [6.07, 6.45) is 1.34. The molecule has 0 atom stereocenters. The highest BCUT2D eigenvalue weighted by Crippen LogP contribution is 2.15. The van der Waals surface area contributed by atoms with Crippen LogP contribution in [0, 0.1) is 0 Å². The number of carboxylic acid groups (broad SMARTS) is 1. The molecule has 2 rings (SSSR count). The van der Waals surface area contributed by atoms with E-state index in [1.165, 1.54) is 18.3 Å². The third-order valence-electron chi connectivity index (χ3n) is 2.36. The molecule has 1 heterocycles. The monoisotopic (exact) mass is 291 g/mol. The predicted octanol–water partition coefficient (Wildman–Crippen LogP) is 3.08. The van der Waals surface area contributed by atoms with Gasteiger partial charge in [-0.3, -0.25) is 0 Å². The van der Waals surface area contributed by atoms with E-state index in [2.05, 4.69) is 15.6 Å². The smallest absolute Gasteiger partial charge is 0.356 e. The minimum atomic E-state index is -1.22. The minimum absolute atomic E-state index is 0.117. The summed E-state index contributed by atoms with van der Waals surface area (Å²) in [6.45, 7) is 0. The van der Waals surface area contributed by atoms with E-state index < -0.39 is 12.0 Å². The van der Waals surface area contributed by atoms with Gasteiger partial charge in [-0.25, -0.2) is 14.6 Å². The van der Waals surface area contributed by atoms with Gasteiger partial charge in [0.05, 0.1) is 5.69 Å². The van der Waals surface area contributed by atoms with E-state index in [1.807, 2.05) is 0 Å². The van der Waals surface area contributed by atoms with Crippen molar-refractivity contribution in [1.82, 2.24) is 4.98 Å². The molecule has 102 valence electrons. The first-order valence-corrected chi connectivity index (χ1v) is 5.96. The molecule has 20 heavy (non-hydrogen) atoms. The standard InChI is InChI=1S/C13H10ClN3O3/c14-8-3-5-9(6-4-8)16-13(20)17-10-2-1-7-15-11(10)12(18)19/h1-7H,(H,18,19)(H2,16,17,20). The van der Waals surface area contributed by atoms with Gasteiger partial charge in [0.25, 0.3) is 0 Å². The predicted molar refractivity (Wildman–Crippen MR) is 75.3 cm³/mol. The molecule has 3 N–H and O–H groups in total. The maximum atomic E-state index is 11.8. The van der Waals surface area contributed by atoms with Crippen molar-refractivity contribution in [2.75, 3.05) is 10.6 Å². The number of amides is 2. The van der Waals surface area contributed by atoms with Crippen LogP contribution in [0.5, 0.6) is 0 Å². The maximum absolute atomic E-state index is 11.8. The molecular weight excluding hydrogens is 282 g/mol. The number of aromatic carboxylic acids is 1. The van der Waals surface area contributed by atoms with Crippen molar-refractivity contribution < 1.29 is 14.7 Å². The first-order chi connectivity index (χ1) is 9.56. The van der Waals surface area contributed by atoms with Gasteiger partial charge in [0.2, 0.25) is 0 Å². The summed E-state index contributed by atoms with van der Waals surface area (Å²) in [5.41, 5.74) is 0.429. The van der Waals surface area contributed by atoms with Gasteiger partial charge in [0, 0.05) is 16.9 Å². The Balaban J connectivity index is 2.08. The summed E-state index contributed by atoms with van der Waals surface area (Å²) < 4.78 is 0. The van der Waals surface area contributed by atoms with Crippen LogP contribution in [0.4, 0.5) is 16.2 Å². The van der Waals surface area contributed by atoms with Crippen LogP contribution in [-0.4, -0.2) is 22.1 Å². The van der Waals surface area contributed by atoms with Crippen LogP contribution >= 0.6 is 11.6 Å². The number of rotatable bonds is 3. The van der Waals surface area contributed by atoms with Crippen molar-refractivity contribution in [2.24, 2.45) is 0 Å². The first-order valence-electron chi connectivity index (χ1n) is 5.58. The SMILES string of the molecule is O=C(Nc1ccc(Cl)cc1)Nc1cccnc1C(=O)O. The third kappa shape index (κ3) is 3.46. The van der Waals surface area contributed by atoms with Gasteiger partial charge >= 0.3 is 12.0 Å². The van der Waals surface area contributed by atoms with E-state index in [1.54, 1.807) is 24.3 Å². The zero-order valence-electron chi connectivity index (χ0n) is 10.1. The number of urea groups is 1. The van der Waals surface area contributed by atoms with E-state index in [9.17, 15) is 9.59 Å². The lowest BCUT2D eigenvalue weighted by Gasteiger charge is -2.09. The molecule has 0 saturated carbocycles. The second-order valence-electron chi connectivity index (χ2n) is 3.79. The number of halogens is 1. The molecular formula is C13H10ClN3O3. The maximum Gasteiger partial charge on any atom is 0.356 e. The lowest BCUT2D eigenvalue weighted by Crippen LogP contribution is -2.21. The van der Waals surface area contributed by atoms with Gasteiger partial charge in [0.1, 0.15) is 0 Å². The largest absolute Gasteiger partial charge is 0.476 e. The van der Waals surface area contributed by atoms with Crippen molar-refractivity contribution in [1.29, 1.82) is 0 Å². The molecule has 0 saturated heterocycles. The summed E-state index contributed by atoms with van der Waals surface area (Å²) in [5, 5.41) is 14.5. The molecule has 0 aliphatic heterocycles. The topological polar surface area (TPSA) is 91.3 Å². The molecule has 0 unspecified atom stereocenters. The first kappa shape index (κ1) is 13.8. The number of nitrogens with one attached hydrogen (secondary N) is 2. The number of pyridine rings is 1. The molecule has 0 spiro atoms. The fraction of sp³-hybridized carbons (Fsp3) is 0. The Morgan fingerprint density at radius 2 is 1.80 bits per heavy atom. The van der Waals surface area contributed by atoms with E-state index in [-0.39, 0.29) is 11.4 Å². The molecule has 2 amide bonds. The normalized spacial score (nSPS) is 9.85. The van der Waals surface area contributed by atoms with Crippen LogP contribution < -0.4 is 10.6 Å². The summed E-state index contributed by atoms with van der Waals surface area (Å²) in [4.78, 5) is 26.4. The van der Waals surface area contributed by atoms with Crippen LogP contribution in [0.1, 0.15) is 10.5 Å². The van der Waals surface area contributed by atoms with E-state index in [0.717, 1.165) is 0 Å². The molecule has 0 radical (unpaired) electrons. The number of carbonyl (C=O) groups is 2. The Morgan fingerprint density at radius 1 is 1.10 bits per heavy atom. The van der Waals surface area contributed by atoms with Gasteiger partial charge in [-0.05, 0) is 36.4 Å². The van der Waals surface area contributed by atoms with E-state index >= 15 is 0 Å². The van der Waals surface area contributed by atoms with Crippen molar-refractivity contribution in [2.45, 2.75) is 0 Å². The van der Waals surface area contributed by atoms with Gasteiger partial charge in [-0.2, -0.15) is 0 Å². The second-order valence-corrected chi connectivity index (χ2v) is 4.23. The van der Waals surface area contributed by atoms with Crippen molar-refractivity contribution in [3.63, 3.8) is 0 Å². The van der Waals surface area contributed by atoms with Crippen LogP contribution in [0.3, 0.4) is 0 Å². The summed E-state index contributed by atoms with van der Waals surface area (Å²) >= 11 is 5.73. The Morgan fingerprint density at radius 3 is 2.45 bits per heavy atom. The van der Waals surface area contributed by atoms with Gasteiger partial charge < -0.3 is 15.7 Å². The average molecular weight is 292 g/mol. The molecule has 1 aromatic carbocycles. The van der Waals surface area contributed by atoms with Crippen LogP contribution in [0.2, 0.25) is 5.02 Å². The molecule has 0 aliphatic carbocycles. The van der Waals surface area contributed by atoms with Gasteiger partial charge in [0.15, 0.2) is 5.69 Å². The molecule has 0 fully saturated rings. The van der Waals surface area contributed by atoms with Gasteiger partial charge in [-0.1, -0.05) is 11.6 Å². The average Bonchev–Trinajstić information content (AvgIpc) is 2.41. The second kappa shape index (κ2) is 6.03. The van der Waals surface area contributed by atoms with Crippen LogP contribution in [0.15, 0.2) is 42.6 Å². The highest BCUT2D eigenvalue weighted by molar-refractivity contribution is 6.30. The van der Waals surface area contributed by atoms with E-state index in [4.69, 9.17) is 16.7 Å². The van der Waals surface area contributed by atoms with E-state index in [0.29, 0.717) is 10.7 Å². The highest BCUT2D eigenvalue weighted by atomic mass is 35.5. The number of nitrogens with zero attached hydrogens (tertiary/aromatic N) is 1. The van der Waals surface area contributed by atoms with Gasteiger partial charge in [-0.15, -0.1) is 0 Å². The molecule has 1 aromatic heterocycles.